The quantitative estimate of drug-likeness (QED) is 0.160. The first-order valence-electron chi connectivity index (χ1n) is 13.8. The SMILES string of the molecule is CC(C)(C)c1csc(OCc2ccc(C(=O)NC(Oc3ccc(CCCS(=O)(=O)c4ccc(Cl)cc4)cc3)C(=O)O)cc2)n1. The van der Waals surface area contributed by atoms with Crippen LogP contribution in [0.15, 0.2) is 83.1 Å². The van der Waals surface area contributed by atoms with Crippen molar-refractivity contribution in [2.24, 2.45) is 0 Å². The van der Waals surface area contributed by atoms with Crippen LogP contribution in [-0.2, 0) is 33.1 Å². The molecule has 0 spiro atoms. The largest absolute Gasteiger partial charge is 0.477 e. The molecule has 0 fully saturated rings. The Morgan fingerprint density at radius 1 is 0.977 bits per heavy atom. The van der Waals surface area contributed by atoms with Gasteiger partial charge in [0, 0.05) is 21.4 Å². The number of hydrogen-bond acceptors (Lipinski definition) is 8. The zero-order valence-electron chi connectivity index (χ0n) is 24.4. The maximum atomic E-state index is 12.8. The van der Waals surface area contributed by atoms with Gasteiger partial charge in [-0.15, -0.1) is 0 Å². The molecule has 1 unspecified atom stereocenters. The molecule has 3 aromatic carbocycles. The Kier molecular flexibility index (Phi) is 10.7. The Balaban J connectivity index is 1.27. The summed E-state index contributed by atoms with van der Waals surface area (Å²) in [6.45, 7) is 6.51. The van der Waals surface area contributed by atoms with Gasteiger partial charge in [-0.3, -0.25) is 4.79 Å². The van der Waals surface area contributed by atoms with Crippen LogP contribution < -0.4 is 14.8 Å². The summed E-state index contributed by atoms with van der Waals surface area (Å²) >= 11 is 7.26. The molecule has 0 aliphatic rings. The number of rotatable bonds is 13. The van der Waals surface area contributed by atoms with Crippen LogP contribution in [0.2, 0.25) is 5.02 Å². The van der Waals surface area contributed by atoms with Crippen molar-refractivity contribution in [1.82, 2.24) is 10.3 Å². The summed E-state index contributed by atoms with van der Waals surface area (Å²) < 4.78 is 36.4. The smallest absolute Gasteiger partial charge is 0.366 e. The second-order valence-corrected chi connectivity index (χ2v) is 14.4. The van der Waals surface area contributed by atoms with Crippen molar-refractivity contribution < 1.29 is 32.6 Å². The number of benzene rings is 3. The number of nitrogens with zero attached hydrogens (tertiary/aromatic N) is 1. The maximum Gasteiger partial charge on any atom is 0.366 e. The lowest BCUT2D eigenvalue weighted by atomic mass is 9.93. The van der Waals surface area contributed by atoms with Gasteiger partial charge in [-0.1, -0.05) is 68.0 Å². The number of halogens is 1. The summed E-state index contributed by atoms with van der Waals surface area (Å²) in [7, 11) is -3.43. The highest BCUT2D eigenvalue weighted by Gasteiger charge is 2.23. The first kappa shape index (κ1) is 33.0. The van der Waals surface area contributed by atoms with Crippen molar-refractivity contribution in [3.8, 4) is 10.9 Å². The number of aryl methyl sites for hydroxylation is 1. The molecule has 9 nitrogen and oxygen atoms in total. The molecule has 4 aromatic rings. The summed E-state index contributed by atoms with van der Waals surface area (Å²) in [4.78, 5) is 29.3. The fraction of sp³-hybridized carbons (Fsp3) is 0.281. The molecule has 44 heavy (non-hydrogen) atoms. The summed E-state index contributed by atoms with van der Waals surface area (Å²) in [5.74, 6) is -1.77. The summed E-state index contributed by atoms with van der Waals surface area (Å²) in [6.07, 6.45) is -0.732. The summed E-state index contributed by atoms with van der Waals surface area (Å²) in [5, 5.41) is 15.0. The van der Waals surface area contributed by atoms with Crippen molar-refractivity contribution in [2.75, 3.05) is 5.75 Å². The van der Waals surface area contributed by atoms with Crippen molar-refractivity contribution in [1.29, 1.82) is 0 Å². The van der Waals surface area contributed by atoms with E-state index in [0.29, 0.717) is 23.1 Å². The molecule has 4 rings (SSSR count). The van der Waals surface area contributed by atoms with Crippen molar-refractivity contribution in [3.05, 3.63) is 106 Å². The van der Waals surface area contributed by atoms with Gasteiger partial charge in [0.25, 0.3) is 17.3 Å². The van der Waals surface area contributed by atoms with E-state index in [1.807, 2.05) is 5.38 Å². The van der Waals surface area contributed by atoms with E-state index in [2.05, 4.69) is 31.1 Å². The molecular formula is C32H33ClN2O7S2. The monoisotopic (exact) mass is 656 g/mol. The zero-order valence-corrected chi connectivity index (χ0v) is 26.8. The maximum absolute atomic E-state index is 12.8. The predicted molar refractivity (Wildman–Crippen MR) is 169 cm³/mol. The topological polar surface area (TPSA) is 132 Å². The molecule has 0 aliphatic heterocycles. The minimum Gasteiger partial charge on any atom is -0.477 e. The third-order valence-electron chi connectivity index (χ3n) is 6.55. The average Bonchev–Trinajstić information content (AvgIpc) is 3.47. The minimum absolute atomic E-state index is 0.0296. The number of carboxylic acid groups (broad SMARTS) is 1. The van der Waals surface area contributed by atoms with Gasteiger partial charge < -0.3 is 19.9 Å². The van der Waals surface area contributed by atoms with Gasteiger partial charge >= 0.3 is 5.97 Å². The second kappa shape index (κ2) is 14.2. The standard InChI is InChI=1S/C32H33ClN2O7S2/c1-32(2,3)27-20-43-31(34-27)41-19-22-6-10-23(11-7-22)28(36)35-29(30(37)38)42-25-14-8-21(9-15-25)5-4-18-44(39,40)26-16-12-24(33)13-17-26/h6-17,20,29H,4-5,18-19H2,1-3H3,(H,35,36)(H,37,38). The van der Waals surface area contributed by atoms with Crippen molar-refractivity contribution in [3.63, 3.8) is 0 Å². The van der Waals surface area contributed by atoms with Crippen LogP contribution in [0.1, 0.15) is 54.4 Å². The number of ether oxygens (including phenoxy) is 2. The number of carboxylic acids is 1. The minimum atomic E-state index is -3.43. The van der Waals surface area contributed by atoms with Gasteiger partial charge in [0.2, 0.25) is 0 Å². The Morgan fingerprint density at radius 3 is 2.20 bits per heavy atom. The molecule has 1 atom stereocenters. The highest BCUT2D eigenvalue weighted by molar-refractivity contribution is 7.91. The lowest BCUT2D eigenvalue weighted by Gasteiger charge is -2.17. The van der Waals surface area contributed by atoms with Gasteiger partial charge in [0.05, 0.1) is 16.3 Å². The van der Waals surface area contributed by atoms with E-state index >= 15 is 0 Å². The summed E-state index contributed by atoms with van der Waals surface area (Å²) in [5.41, 5.74) is 2.82. The van der Waals surface area contributed by atoms with Gasteiger partial charge in [-0.05, 0) is 72.5 Å². The lowest BCUT2D eigenvalue weighted by molar-refractivity contribution is -0.146. The first-order valence-corrected chi connectivity index (χ1v) is 16.7. The molecule has 0 bridgehead atoms. The Labute approximate surface area is 265 Å². The van der Waals surface area contributed by atoms with Gasteiger partial charge in [-0.25, -0.2) is 18.2 Å². The Morgan fingerprint density at radius 2 is 1.61 bits per heavy atom. The molecule has 1 amide bonds. The van der Waals surface area contributed by atoms with Crippen molar-refractivity contribution >= 4 is 44.7 Å². The van der Waals surface area contributed by atoms with E-state index in [4.69, 9.17) is 21.1 Å². The Bertz CT molecular complexity index is 1680. The number of sulfone groups is 1. The van der Waals surface area contributed by atoms with E-state index < -0.39 is 27.9 Å². The van der Waals surface area contributed by atoms with Crippen LogP contribution in [0.4, 0.5) is 0 Å². The van der Waals surface area contributed by atoms with Crippen LogP contribution in [0, 0.1) is 0 Å². The summed E-state index contributed by atoms with van der Waals surface area (Å²) in [6, 6.07) is 19.3. The van der Waals surface area contributed by atoms with Gasteiger partial charge in [0.15, 0.2) is 9.84 Å². The fourth-order valence-electron chi connectivity index (χ4n) is 4.01. The molecule has 0 saturated carbocycles. The number of carbonyl (C=O) groups is 2. The molecule has 0 saturated heterocycles. The van der Waals surface area contributed by atoms with E-state index in [1.165, 1.54) is 23.5 Å². The molecule has 12 heteroatoms. The number of hydrogen-bond donors (Lipinski definition) is 2. The van der Waals surface area contributed by atoms with E-state index in [0.717, 1.165) is 16.8 Å². The number of carbonyl (C=O) groups excluding carboxylic acids is 1. The Hall–Kier alpha value is -3.93. The number of thiazole rings is 1. The highest BCUT2D eigenvalue weighted by atomic mass is 35.5. The number of aromatic nitrogens is 1. The molecule has 2 N–H and O–H groups in total. The third-order valence-corrected chi connectivity index (χ3v) is 9.37. The molecule has 232 valence electrons. The molecular weight excluding hydrogens is 624 g/mol. The molecule has 1 aromatic heterocycles. The molecule has 0 radical (unpaired) electrons. The van der Waals surface area contributed by atoms with Crippen LogP contribution in [0.3, 0.4) is 0 Å². The lowest BCUT2D eigenvalue weighted by Crippen LogP contribution is -2.44. The molecule has 0 aliphatic carbocycles. The normalized spacial score (nSPS) is 12.4. The zero-order chi connectivity index (χ0) is 31.9. The number of nitrogens with one attached hydrogen (secondary N) is 1. The molecule has 1 heterocycles. The van der Waals surface area contributed by atoms with Gasteiger partial charge in [-0.2, -0.15) is 0 Å². The highest BCUT2D eigenvalue weighted by Crippen LogP contribution is 2.28. The van der Waals surface area contributed by atoms with Gasteiger partial charge in [0.1, 0.15) is 12.4 Å². The van der Waals surface area contributed by atoms with Crippen LogP contribution in [0.25, 0.3) is 0 Å². The fourth-order valence-corrected chi connectivity index (χ4v) is 6.34. The number of amides is 1. The van der Waals surface area contributed by atoms with E-state index in [1.54, 1.807) is 60.7 Å². The second-order valence-electron chi connectivity index (χ2n) is 11.1. The van der Waals surface area contributed by atoms with Crippen LogP contribution in [0.5, 0.6) is 10.9 Å². The predicted octanol–water partition coefficient (Wildman–Crippen LogP) is 6.30. The first-order chi connectivity index (χ1) is 20.8. The third kappa shape index (κ3) is 9.28. The van der Waals surface area contributed by atoms with E-state index in [-0.39, 0.29) is 34.0 Å². The number of aliphatic carboxylic acids is 1. The average molecular weight is 657 g/mol. The van der Waals surface area contributed by atoms with Crippen molar-refractivity contribution in [2.45, 2.75) is 56.8 Å². The van der Waals surface area contributed by atoms with Crippen LogP contribution in [-0.4, -0.2) is 42.4 Å². The van der Waals surface area contributed by atoms with E-state index in [9.17, 15) is 23.1 Å². The van der Waals surface area contributed by atoms with Crippen LogP contribution >= 0.6 is 22.9 Å².